The summed E-state index contributed by atoms with van der Waals surface area (Å²) in [5.41, 5.74) is 3.54. The molecule has 92 valence electrons. The highest BCUT2D eigenvalue weighted by Gasteiger charge is 2.62. The average Bonchev–Trinajstić information content (AvgIpc) is 3.03. The third-order valence-corrected chi connectivity index (χ3v) is 6.40. The van der Waals surface area contributed by atoms with Gasteiger partial charge in [-0.05, 0) is 74.5 Å². The monoisotopic (exact) mass is 228 g/mol. The molecule has 3 saturated carbocycles. The van der Waals surface area contributed by atoms with Crippen molar-refractivity contribution in [3.8, 4) is 0 Å². The first-order valence-corrected chi connectivity index (χ1v) is 7.58. The molecule has 17 heavy (non-hydrogen) atoms. The van der Waals surface area contributed by atoms with E-state index in [1.54, 1.807) is 5.57 Å². The van der Waals surface area contributed by atoms with Gasteiger partial charge in [0.25, 0.3) is 0 Å². The van der Waals surface area contributed by atoms with Gasteiger partial charge in [-0.2, -0.15) is 0 Å². The van der Waals surface area contributed by atoms with Crippen molar-refractivity contribution in [2.24, 2.45) is 41.4 Å². The van der Waals surface area contributed by atoms with Crippen LogP contribution in [-0.2, 0) is 0 Å². The molecule has 0 aromatic heterocycles. The Bertz CT molecular complexity index is 410. The van der Waals surface area contributed by atoms with Gasteiger partial charge >= 0.3 is 0 Å². The van der Waals surface area contributed by atoms with Crippen molar-refractivity contribution in [3.05, 3.63) is 23.3 Å². The summed E-state index contributed by atoms with van der Waals surface area (Å²) in [4.78, 5) is 0. The maximum absolute atomic E-state index is 2.56. The van der Waals surface area contributed by atoms with Gasteiger partial charge in [-0.3, -0.25) is 0 Å². The first-order chi connectivity index (χ1) is 8.22. The molecular weight excluding hydrogens is 204 g/mol. The van der Waals surface area contributed by atoms with Gasteiger partial charge in [-0.1, -0.05) is 30.2 Å². The third-order valence-electron chi connectivity index (χ3n) is 6.40. The van der Waals surface area contributed by atoms with E-state index in [9.17, 15) is 0 Å². The lowest BCUT2D eigenvalue weighted by Crippen LogP contribution is -2.32. The number of fused-ring (bicyclic) bond motifs is 9. The van der Waals surface area contributed by atoms with Crippen molar-refractivity contribution < 1.29 is 0 Å². The number of hydrogen-bond acceptors (Lipinski definition) is 0. The van der Waals surface area contributed by atoms with Crippen LogP contribution in [0.1, 0.15) is 40.0 Å². The molecule has 0 saturated heterocycles. The fraction of sp³-hybridized carbons (Fsp3) is 0.765. The van der Waals surface area contributed by atoms with E-state index >= 15 is 0 Å². The van der Waals surface area contributed by atoms with Crippen LogP contribution in [0, 0.1) is 41.4 Å². The molecule has 0 radical (unpaired) electrons. The molecule has 0 spiro atoms. The number of allylic oxidation sites excluding steroid dienone is 4. The summed E-state index contributed by atoms with van der Waals surface area (Å²) in [5, 5.41) is 0. The van der Waals surface area contributed by atoms with E-state index in [1.807, 2.05) is 5.57 Å². The molecule has 4 rings (SSSR count). The van der Waals surface area contributed by atoms with Gasteiger partial charge in [0.15, 0.2) is 0 Å². The lowest BCUT2D eigenvalue weighted by Gasteiger charge is -2.39. The van der Waals surface area contributed by atoms with Crippen molar-refractivity contribution >= 4 is 0 Å². The average molecular weight is 228 g/mol. The van der Waals surface area contributed by atoms with E-state index < -0.39 is 0 Å². The van der Waals surface area contributed by atoms with E-state index in [4.69, 9.17) is 0 Å². The molecule has 4 aliphatic carbocycles. The first-order valence-electron chi connectivity index (χ1n) is 7.58. The minimum atomic E-state index is 0.944. The van der Waals surface area contributed by atoms with Gasteiger partial charge in [0.05, 0.1) is 0 Å². The second kappa shape index (κ2) is 3.28. The molecule has 0 heteroatoms. The van der Waals surface area contributed by atoms with E-state index in [2.05, 4.69) is 32.9 Å². The van der Waals surface area contributed by atoms with Gasteiger partial charge in [0.2, 0.25) is 0 Å². The molecular formula is C17H24. The standard InChI is InChI=1S/C17H24/c1-4-12-13-8-14(15(12)9(2)3)17-11-6-5-10(7-11)16(13)17/h5-6,10-14,16-17H,4,7-8H2,1-3H3. The van der Waals surface area contributed by atoms with Crippen LogP contribution in [0.4, 0.5) is 0 Å². The van der Waals surface area contributed by atoms with E-state index in [0.717, 1.165) is 41.4 Å². The quantitative estimate of drug-likeness (QED) is 0.460. The topological polar surface area (TPSA) is 0 Å². The Hall–Kier alpha value is -0.520. The molecule has 4 aliphatic rings. The smallest absolute Gasteiger partial charge is 0.0158 e. The van der Waals surface area contributed by atoms with Crippen molar-refractivity contribution in [2.75, 3.05) is 0 Å². The van der Waals surface area contributed by atoms with Crippen LogP contribution in [0.25, 0.3) is 0 Å². The van der Waals surface area contributed by atoms with Crippen LogP contribution >= 0.6 is 0 Å². The highest BCUT2D eigenvalue weighted by molar-refractivity contribution is 5.33. The van der Waals surface area contributed by atoms with Crippen molar-refractivity contribution in [1.29, 1.82) is 0 Å². The van der Waals surface area contributed by atoms with Crippen LogP contribution < -0.4 is 0 Å². The zero-order valence-corrected chi connectivity index (χ0v) is 11.3. The van der Waals surface area contributed by atoms with Crippen LogP contribution in [0.5, 0.6) is 0 Å². The summed E-state index contributed by atoms with van der Waals surface area (Å²) in [6.07, 6.45) is 9.52. The Kier molecular flexibility index (Phi) is 2.00. The largest absolute Gasteiger partial charge is 0.0848 e. The molecule has 3 fully saturated rings. The Labute approximate surface area is 105 Å². The summed E-state index contributed by atoms with van der Waals surface area (Å²) >= 11 is 0. The second-order valence-corrected chi connectivity index (χ2v) is 7.08. The van der Waals surface area contributed by atoms with Crippen molar-refractivity contribution in [3.63, 3.8) is 0 Å². The predicted molar refractivity (Wildman–Crippen MR) is 71.5 cm³/mol. The first kappa shape index (κ1) is 10.4. The molecule has 0 amide bonds. The zero-order chi connectivity index (χ0) is 11.7. The molecule has 0 aromatic carbocycles. The van der Waals surface area contributed by atoms with Gasteiger partial charge < -0.3 is 0 Å². The number of rotatable bonds is 1. The summed E-state index contributed by atoms with van der Waals surface area (Å²) in [5.74, 6) is 6.99. The minimum Gasteiger partial charge on any atom is -0.0848 e. The molecule has 0 heterocycles. The van der Waals surface area contributed by atoms with E-state index in [-0.39, 0.29) is 0 Å². The Balaban J connectivity index is 1.79. The van der Waals surface area contributed by atoms with Gasteiger partial charge in [0.1, 0.15) is 0 Å². The molecule has 0 nitrogen and oxygen atoms in total. The predicted octanol–water partition coefficient (Wildman–Crippen LogP) is 4.44. The molecule has 7 atom stereocenters. The van der Waals surface area contributed by atoms with Gasteiger partial charge in [-0.15, -0.1) is 0 Å². The van der Waals surface area contributed by atoms with E-state index in [0.29, 0.717) is 0 Å². The molecule has 7 unspecified atom stereocenters. The summed E-state index contributed by atoms with van der Waals surface area (Å²) < 4.78 is 0. The van der Waals surface area contributed by atoms with E-state index in [1.165, 1.54) is 19.3 Å². The van der Waals surface area contributed by atoms with Crippen molar-refractivity contribution in [2.45, 2.75) is 40.0 Å². The second-order valence-electron chi connectivity index (χ2n) is 7.08. The Morgan fingerprint density at radius 2 is 1.82 bits per heavy atom. The zero-order valence-electron chi connectivity index (χ0n) is 11.3. The third kappa shape index (κ3) is 1.10. The molecule has 0 aromatic rings. The van der Waals surface area contributed by atoms with Crippen LogP contribution in [-0.4, -0.2) is 0 Å². The summed E-state index contributed by atoms with van der Waals surface area (Å²) in [6, 6.07) is 0. The maximum Gasteiger partial charge on any atom is -0.0158 e. The van der Waals surface area contributed by atoms with Gasteiger partial charge in [0, 0.05) is 0 Å². The summed E-state index contributed by atoms with van der Waals surface area (Å²) in [6.45, 7) is 7.12. The number of hydrogen-bond donors (Lipinski definition) is 0. The highest BCUT2D eigenvalue weighted by Crippen LogP contribution is 2.69. The SMILES string of the molecule is CCC1C(=C(C)C)C2CC1C1C3C=CC(C3)C21. The van der Waals surface area contributed by atoms with Gasteiger partial charge in [-0.25, -0.2) is 0 Å². The molecule has 4 bridgehead atoms. The normalized spacial score (nSPS) is 53.6. The maximum atomic E-state index is 2.56. The fourth-order valence-electron chi connectivity index (χ4n) is 6.21. The van der Waals surface area contributed by atoms with Crippen LogP contribution in [0.15, 0.2) is 23.3 Å². The fourth-order valence-corrected chi connectivity index (χ4v) is 6.21. The van der Waals surface area contributed by atoms with Crippen molar-refractivity contribution in [1.82, 2.24) is 0 Å². The van der Waals surface area contributed by atoms with Crippen LogP contribution in [0.3, 0.4) is 0 Å². The lowest BCUT2D eigenvalue weighted by molar-refractivity contribution is 0.191. The summed E-state index contributed by atoms with van der Waals surface area (Å²) in [7, 11) is 0. The lowest BCUT2D eigenvalue weighted by atomic mass is 9.66. The van der Waals surface area contributed by atoms with Crippen LogP contribution in [0.2, 0.25) is 0 Å². The Morgan fingerprint density at radius 1 is 1.12 bits per heavy atom. The molecule has 0 aliphatic heterocycles. The minimum absolute atomic E-state index is 0.944. The molecule has 0 N–H and O–H groups in total. The Morgan fingerprint density at radius 3 is 2.47 bits per heavy atom. The highest BCUT2D eigenvalue weighted by atomic mass is 14.7.